The Balaban J connectivity index is 2.59. The summed E-state index contributed by atoms with van der Waals surface area (Å²) in [6, 6.07) is 5.99. The third-order valence-electron chi connectivity index (χ3n) is 2.55. The van der Waals surface area contributed by atoms with E-state index < -0.39 is 17.9 Å². The number of hydrogen-bond donors (Lipinski definition) is 1. The van der Waals surface area contributed by atoms with Gasteiger partial charge in [-0.05, 0) is 19.1 Å². The van der Waals surface area contributed by atoms with E-state index in [1.54, 1.807) is 19.1 Å². The van der Waals surface area contributed by atoms with Gasteiger partial charge in [-0.15, -0.1) is 0 Å². The van der Waals surface area contributed by atoms with Crippen LogP contribution in [0, 0.1) is 0 Å². The van der Waals surface area contributed by atoms with Crippen LogP contribution in [0.25, 0.3) is 0 Å². The molecule has 0 atom stereocenters. The number of aliphatic hydroxyl groups is 1. The van der Waals surface area contributed by atoms with Crippen molar-refractivity contribution in [3.8, 4) is 0 Å². The van der Waals surface area contributed by atoms with Gasteiger partial charge in [0.1, 0.15) is 19.8 Å². The van der Waals surface area contributed by atoms with Crippen molar-refractivity contribution >= 4 is 17.9 Å². The Hall–Kier alpha value is -2.67. The molecule has 0 bridgehead atoms. The fourth-order valence-electron chi connectivity index (χ4n) is 1.59. The Bertz CT molecular complexity index is 578. The van der Waals surface area contributed by atoms with Gasteiger partial charge in [0.05, 0.1) is 17.7 Å². The normalized spacial score (nSPS) is 10.3. The highest BCUT2D eigenvalue weighted by Crippen LogP contribution is 2.12. The van der Waals surface area contributed by atoms with Crippen molar-refractivity contribution < 1.29 is 33.7 Å². The molecule has 1 aromatic carbocycles. The van der Waals surface area contributed by atoms with E-state index >= 15 is 0 Å². The number of carbonyl (C=O) groups excluding carboxylic acids is 3. The summed E-state index contributed by atoms with van der Waals surface area (Å²) < 4.78 is 14.5. The second-order valence-corrected chi connectivity index (χ2v) is 4.21. The van der Waals surface area contributed by atoms with Gasteiger partial charge in [0.15, 0.2) is 0 Å². The average Bonchev–Trinajstić information content (AvgIpc) is 2.56. The molecule has 0 heterocycles. The Kier molecular flexibility index (Phi) is 8.09. The molecule has 7 nitrogen and oxygen atoms in total. The average molecular weight is 322 g/mol. The minimum atomic E-state index is -0.733. The van der Waals surface area contributed by atoms with Crippen LogP contribution in [0.5, 0.6) is 0 Å². The van der Waals surface area contributed by atoms with Crippen LogP contribution in [-0.4, -0.2) is 49.4 Å². The van der Waals surface area contributed by atoms with Gasteiger partial charge < -0.3 is 19.3 Å². The fourth-order valence-corrected chi connectivity index (χ4v) is 1.59. The largest absolute Gasteiger partial charge is 0.460 e. The minimum absolute atomic E-state index is 0.0372. The monoisotopic (exact) mass is 322 g/mol. The molecule has 0 radical (unpaired) electrons. The van der Waals surface area contributed by atoms with Gasteiger partial charge in [0.2, 0.25) is 0 Å². The molecular weight excluding hydrogens is 304 g/mol. The molecule has 0 fully saturated rings. The van der Waals surface area contributed by atoms with Gasteiger partial charge in [-0.1, -0.05) is 18.2 Å². The Morgan fingerprint density at radius 2 is 1.48 bits per heavy atom. The van der Waals surface area contributed by atoms with Crippen molar-refractivity contribution in [1.82, 2.24) is 0 Å². The zero-order valence-electron chi connectivity index (χ0n) is 12.7. The van der Waals surface area contributed by atoms with E-state index in [0.29, 0.717) is 0 Å². The van der Waals surface area contributed by atoms with Gasteiger partial charge >= 0.3 is 17.9 Å². The molecule has 124 valence electrons. The van der Waals surface area contributed by atoms with Gasteiger partial charge in [0.25, 0.3) is 0 Å². The molecule has 0 spiro atoms. The smallest absolute Gasteiger partial charge is 0.339 e. The lowest BCUT2D eigenvalue weighted by Gasteiger charge is -2.09. The topological polar surface area (TPSA) is 99.1 Å². The molecule has 0 unspecified atom stereocenters. The zero-order valence-corrected chi connectivity index (χ0v) is 12.7. The lowest BCUT2D eigenvalue weighted by atomic mass is 10.1. The molecule has 0 aliphatic carbocycles. The van der Waals surface area contributed by atoms with Crippen LogP contribution in [0.2, 0.25) is 0 Å². The summed E-state index contributed by atoms with van der Waals surface area (Å²) in [5, 5.41) is 8.65. The highest BCUT2D eigenvalue weighted by atomic mass is 16.6. The number of benzene rings is 1. The summed E-state index contributed by atoms with van der Waals surface area (Å²) in [5.41, 5.74) is 0.0760. The third kappa shape index (κ3) is 6.31. The fraction of sp³-hybridized carbons (Fsp3) is 0.312. The van der Waals surface area contributed by atoms with E-state index in [2.05, 4.69) is 0 Å². The molecule has 0 aliphatic heterocycles. The van der Waals surface area contributed by atoms with Crippen LogP contribution in [0.15, 0.2) is 36.4 Å². The molecular formula is C16H18O7. The third-order valence-corrected chi connectivity index (χ3v) is 2.55. The molecule has 0 saturated heterocycles. The highest BCUT2D eigenvalue weighted by molar-refractivity contribution is 6.03. The number of carbonyl (C=O) groups is 3. The summed E-state index contributed by atoms with van der Waals surface area (Å²) in [6.07, 6.45) is 2.77. The number of allylic oxidation sites excluding steroid dienone is 1. The predicted molar refractivity (Wildman–Crippen MR) is 79.9 cm³/mol. The second-order valence-electron chi connectivity index (χ2n) is 4.21. The van der Waals surface area contributed by atoms with Crippen LogP contribution in [0.1, 0.15) is 27.6 Å². The number of ether oxygens (including phenoxy) is 3. The molecule has 7 heteroatoms. The van der Waals surface area contributed by atoms with E-state index in [1.807, 2.05) is 0 Å². The lowest BCUT2D eigenvalue weighted by molar-refractivity contribution is -0.138. The number of rotatable bonds is 8. The van der Waals surface area contributed by atoms with Crippen molar-refractivity contribution in [3.05, 3.63) is 47.5 Å². The molecule has 0 aromatic heterocycles. The van der Waals surface area contributed by atoms with Gasteiger partial charge in [-0.2, -0.15) is 0 Å². The zero-order chi connectivity index (χ0) is 17.1. The van der Waals surface area contributed by atoms with E-state index in [1.165, 1.54) is 24.3 Å². The number of hydrogen-bond acceptors (Lipinski definition) is 7. The van der Waals surface area contributed by atoms with Crippen molar-refractivity contribution in [3.63, 3.8) is 0 Å². The molecule has 0 saturated carbocycles. The van der Waals surface area contributed by atoms with Crippen LogP contribution in [-0.2, 0) is 19.0 Å². The maximum atomic E-state index is 12.0. The Labute approximate surface area is 133 Å². The quantitative estimate of drug-likeness (QED) is 0.331. The van der Waals surface area contributed by atoms with Crippen molar-refractivity contribution in [2.75, 3.05) is 26.4 Å². The van der Waals surface area contributed by atoms with Crippen molar-refractivity contribution in [1.29, 1.82) is 0 Å². The highest BCUT2D eigenvalue weighted by Gasteiger charge is 2.18. The first-order valence-corrected chi connectivity index (χ1v) is 6.93. The van der Waals surface area contributed by atoms with E-state index in [0.717, 1.165) is 0 Å². The molecule has 1 rings (SSSR count). The van der Waals surface area contributed by atoms with Gasteiger partial charge in [0, 0.05) is 6.08 Å². The maximum Gasteiger partial charge on any atom is 0.339 e. The van der Waals surface area contributed by atoms with E-state index in [-0.39, 0.29) is 37.6 Å². The summed E-state index contributed by atoms with van der Waals surface area (Å²) >= 11 is 0. The standard InChI is InChI=1S/C16H18O7/c1-2-5-14(18)21-10-11-23-16(20)13-7-4-3-6-12(13)15(19)22-9-8-17/h2-7,17H,8-11H2,1H3. The first kappa shape index (κ1) is 18.4. The first-order chi connectivity index (χ1) is 11.1. The SMILES string of the molecule is CC=CC(=O)OCCOC(=O)c1ccccc1C(=O)OCCO. The predicted octanol–water partition coefficient (Wildman–Crippen LogP) is 1.11. The summed E-state index contributed by atoms with van der Waals surface area (Å²) in [7, 11) is 0. The first-order valence-electron chi connectivity index (χ1n) is 6.93. The molecule has 1 aromatic rings. The molecule has 0 amide bonds. The van der Waals surface area contributed by atoms with Crippen LogP contribution < -0.4 is 0 Å². The minimum Gasteiger partial charge on any atom is -0.460 e. The van der Waals surface area contributed by atoms with Crippen LogP contribution >= 0.6 is 0 Å². The molecule has 23 heavy (non-hydrogen) atoms. The summed E-state index contributed by atoms with van der Waals surface area (Å²) in [6.45, 7) is 0.974. The van der Waals surface area contributed by atoms with Gasteiger partial charge in [-0.25, -0.2) is 14.4 Å². The Morgan fingerprint density at radius 1 is 0.957 bits per heavy atom. The second kappa shape index (κ2) is 10.1. The van der Waals surface area contributed by atoms with Gasteiger partial charge in [-0.3, -0.25) is 0 Å². The van der Waals surface area contributed by atoms with Crippen molar-refractivity contribution in [2.24, 2.45) is 0 Å². The molecule has 1 N–H and O–H groups in total. The number of aliphatic hydroxyl groups excluding tert-OH is 1. The summed E-state index contributed by atoms with van der Waals surface area (Å²) in [4.78, 5) is 34.9. The molecule has 0 aliphatic rings. The van der Waals surface area contributed by atoms with Crippen LogP contribution in [0.4, 0.5) is 0 Å². The maximum absolute atomic E-state index is 12.0. The van der Waals surface area contributed by atoms with E-state index in [9.17, 15) is 14.4 Å². The van der Waals surface area contributed by atoms with Crippen LogP contribution in [0.3, 0.4) is 0 Å². The van der Waals surface area contributed by atoms with E-state index in [4.69, 9.17) is 19.3 Å². The van der Waals surface area contributed by atoms with Crippen molar-refractivity contribution in [2.45, 2.75) is 6.92 Å². The summed E-state index contributed by atoms with van der Waals surface area (Å²) in [5.74, 6) is -1.99. The number of esters is 3. The lowest BCUT2D eigenvalue weighted by Crippen LogP contribution is -2.17. The Morgan fingerprint density at radius 3 is 2.00 bits per heavy atom.